The van der Waals surface area contributed by atoms with E-state index in [1.165, 1.54) is 0 Å². The monoisotopic (exact) mass is 374 g/mol. The number of ether oxygens (including phenoxy) is 1. The molecule has 0 atom stereocenters. The number of fused-ring (bicyclic) bond motifs is 1. The quantitative estimate of drug-likeness (QED) is 0.664. The van der Waals surface area contributed by atoms with Gasteiger partial charge in [-0.05, 0) is 26.7 Å². The molecule has 0 aromatic carbocycles. The molecule has 3 rings (SSSR count). The molecule has 1 amide bonds. The Hall–Kier alpha value is -2.15. The predicted molar refractivity (Wildman–Crippen MR) is 102 cm³/mol. The molecule has 0 bridgehead atoms. The minimum atomic E-state index is 0.0898. The molecule has 0 N–H and O–H groups in total. The van der Waals surface area contributed by atoms with Gasteiger partial charge in [0.15, 0.2) is 5.69 Å². The highest BCUT2D eigenvalue weighted by atomic mass is 16.5. The maximum Gasteiger partial charge on any atom is 0.247 e. The number of aryl methyl sites for hydroxylation is 1. The lowest BCUT2D eigenvalue weighted by Gasteiger charge is -2.30. The summed E-state index contributed by atoms with van der Waals surface area (Å²) in [6.45, 7) is 11.3. The van der Waals surface area contributed by atoms with E-state index in [1.807, 2.05) is 23.4 Å². The third kappa shape index (κ3) is 4.08. The van der Waals surface area contributed by atoms with E-state index in [2.05, 4.69) is 18.8 Å². The van der Waals surface area contributed by atoms with Crippen molar-refractivity contribution < 1.29 is 13.9 Å². The molecule has 0 saturated carbocycles. The zero-order valence-corrected chi connectivity index (χ0v) is 16.8. The highest BCUT2D eigenvalue weighted by Gasteiger charge is 2.31. The number of carbonyl (C=O) groups is 1. The number of oxazole rings is 1. The molecule has 0 unspecified atom stereocenters. The molecule has 2 aromatic heterocycles. The van der Waals surface area contributed by atoms with Crippen molar-refractivity contribution in [2.75, 3.05) is 19.8 Å². The van der Waals surface area contributed by atoms with Crippen LogP contribution in [0.25, 0.3) is 11.6 Å². The summed E-state index contributed by atoms with van der Waals surface area (Å²) in [5.74, 6) is 1.60. The van der Waals surface area contributed by atoms with Crippen molar-refractivity contribution in [3.63, 3.8) is 0 Å². The molecular formula is C20H30N4O3. The van der Waals surface area contributed by atoms with Crippen molar-refractivity contribution in [1.82, 2.24) is 19.7 Å². The lowest BCUT2D eigenvalue weighted by Crippen LogP contribution is -2.40. The number of aromatic nitrogens is 3. The molecule has 1 aliphatic heterocycles. The van der Waals surface area contributed by atoms with Gasteiger partial charge in [0.2, 0.25) is 11.8 Å². The molecule has 3 heterocycles. The summed E-state index contributed by atoms with van der Waals surface area (Å²) in [6, 6.07) is 0. The third-order valence-electron chi connectivity index (χ3n) is 5.26. The first-order valence-corrected chi connectivity index (χ1v) is 9.96. The highest BCUT2D eigenvalue weighted by molar-refractivity contribution is 5.79. The van der Waals surface area contributed by atoms with Gasteiger partial charge in [-0.25, -0.2) is 4.98 Å². The summed E-state index contributed by atoms with van der Waals surface area (Å²) in [4.78, 5) is 19.2. The number of carbonyl (C=O) groups excluding carboxylic acids is 1. The number of hydrogen-bond acceptors (Lipinski definition) is 5. The lowest BCUT2D eigenvalue weighted by molar-refractivity contribution is -0.136. The van der Waals surface area contributed by atoms with Gasteiger partial charge in [-0.2, -0.15) is 5.10 Å². The van der Waals surface area contributed by atoms with Crippen molar-refractivity contribution in [2.24, 2.45) is 5.92 Å². The largest absolute Gasteiger partial charge is 0.440 e. The number of amides is 1. The Bertz CT molecular complexity index is 776. The Labute approximate surface area is 160 Å². The van der Waals surface area contributed by atoms with Crippen LogP contribution in [0.15, 0.2) is 10.6 Å². The normalized spacial score (nSPS) is 14.0. The molecule has 27 heavy (non-hydrogen) atoms. The molecule has 148 valence electrons. The first-order valence-electron chi connectivity index (χ1n) is 9.96. The van der Waals surface area contributed by atoms with Crippen LogP contribution in [0.5, 0.6) is 0 Å². The van der Waals surface area contributed by atoms with Crippen molar-refractivity contribution in [2.45, 2.75) is 60.0 Å². The molecule has 0 aliphatic carbocycles. The zero-order valence-electron chi connectivity index (χ0n) is 16.8. The van der Waals surface area contributed by atoms with E-state index in [1.54, 1.807) is 6.20 Å². The van der Waals surface area contributed by atoms with Crippen molar-refractivity contribution >= 4 is 5.91 Å². The van der Waals surface area contributed by atoms with Gasteiger partial charge < -0.3 is 14.1 Å². The molecule has 0 saturated heterocycles. The van der Waals surface area contributed by atoms with E-state index in [-0.39, 0.29) is 11.8 Å². The molecule has 7 nitrogen and oxygen atoms in total. The molecular weight excluding hydrogens is 344 g/mol. The van der Waals surface area contributed by atoms with Crippen LogP contribution in [0.3, 0.4) is 0 Å². The molecule has 1 aliphatic rings. The smallest absolute Gasteiger partial charge is 0.247 e. The average molecular weight is 374 g/mol. The number of rotatable bonds is 8. The Balaban J connectivity index is 1.91. The summed E-state index contributed by atoms with van der Waals surface area (Å²) in [6.07, 6.45) is 4.24. The highest BCUT2D eigenvalue weighted by Crippen LogP contribution is 2.31. The molecule has 0 fully saturated rings. The maximum absolute atomic E-state index is 12.9. The second kappa shape index (κ2) is 8.69. The number of hydrogen-bond donors (Lipinski definition) is 0. The molecule has 0 spiro atoms. The van der Waals surface area contributed by atoms with Crippen molar-refractivity contribution in [3.8, 4) is 11.6 Å². The summed E-state index contributed by atoms with van der Waals surface area (Å²) < 4.78 is 13.2. The zero-order chi connectivity index (χ0) is 19.4. The van der Waals surface area contributed by atoms with Gasteiger partial charge in [0, 0.05) is 43.3 Å². The standard InChI is InChI=1S/C20H30N4O3/c1-5-15(6-2)20(25)23-9-8-17-16(13-23)18(19-21-12-14(4)27-19)22-24(17)10-11-26-7-3/h12,15H,5-11,13H2,1-4H3. The molecule has 2 aromatic rings. The minimum Gasteiger partial charge on any atom is -0.440 e. The lowest BCUT2D eigenvalue weighted by atomic mass is 9.98. The Morgan fingerprint density at radius 3 is 2.74 bits per heavy atom. The number of nitrogens with zero attached hydrogens (tertiary/aromatic N) is 4. The van der Waals surface area contributed by atoms with E-state index < -0.39 is 0 Å². The van der Waals surface area contributed by atoms with E-state index in [9.17, 15) is 4.79 Å². The van der Waals surface area contributed by atoms with E-state index >= 15 is 0 Å². The van der Waals surface area contributed by atoms with Crippen molar-refractivity contribution in [1.29, 1.82) is 0 Å². The van der Waals surface area contributed by atoms with Gasteiger partial charge >= 0.3 is 0 Å². The summed E-state index contributed by atoms with van der Waals surface area (Å²) in [7, 11) is 0. The van der Waals surface area contributed by atoms with Gasteiger partial charge in [-0.3, -0.25) is 9.48 Å². The summed E-state index contributed by atoms with van der Waals surface area (Å²) in [5.41, 5.74) is 2.96. The van der Waals surface area contributed by atoms with Gasteiger partial charge in [0.05, 0.1) is 19.3 Å². The second-order valence-electron chi connectivity index (χ2n) is 6.99. The van der Waals surface area contributed by atoms with Gasteiger partial charge in [-0.15, -0.1) is 0 Å². The van der Waals surface area contributed by atoms with Crippen LogP contribution in [-0.4, -0.2) is 45.3 Å². The fraction of sp³-hybridized carbons (Fsp3) is 0.650. The van der Waals surface area contributed by atoms with Crippen LogP contribution in [0.2, 0.25) is 0 Å². The van der Waals surface area contributed by atoms with E-state index in [0.717, 1.165) is 48.5 Å². The SMILES string of the molecule is CCOCCn1nc(-c2ncc(C)o2)c2c1CCN(C(=O)C(CC)CC)C2. The first-order chi connectivity index (χ1) is 13.1. The summed E-state index contributed by atoms with van der Waals surface area (Å²) >= 11 is 0. The first kappa shape index (κ1) is 19.6. The topological polar surface area (TPSA) is 73.4 Å². The van der Waals surface area contributed by atoms with Gasteiger partial charge in [0.25, 0.3) is 0 Å². The van der Waals surface area contributed by atoms with E-state index in [0.29, 0.717) is 32.2 Å². The molecule has 0 radical (unpaired) electrons. The maximum atomic E-state index is 12.9. The Morgan fingerprint density at radius 2 is 2.11 bits per heavy atom. The fourth-order valence-corrected chi connectivity index (χ4v) is 3.69. The Morgan fingerprint density at radius 1 is 1.33 bits per heavy atom. The van der Waals surface area contributed by atoms with Gasteiger partial charge in [0.1, 0.15) is 5.76 Å². The molecule has 7 heteroatoms. The third-order valence-corrected chi connectivity index (χ3v) is 5.26. The van der Waals surface area contributed by atoms with Gasteiger partial charge in [-0.1, -0.05) is 13.8 Å². The van der Waals surface area contributed by atoms with Crippen LogP contribution in [0.1, 0.15) is 50.6 Å². The van der Waals surface area contributed by atoms with Crippen molar-refractivity contribution in [3.05, 3.63) is 23.2 Å². The average Bonchev–Trinajstić information content (AvgIpc) is 3.26. The second-order valence-corrected chi connectivity index (χ2v) is 6.99. The van der Waals surface area contributed by atoms with Crippen LogP contribution < -0.4 is 0 Å². The van der Waals surface area contributed by atoms with Crippen LogP contribution in [-0.2, 0) is 29.0 Å². The van der Waals surface area contributed by atoms with Crippen LogP contribution in [0, 0.1) is 12.8 Å². The summed E-state index contributed by atoms with van der Waals surface area (Å²) in [5, 5.41) is 4.77. The van der Waals surface area contributed by atoms with E-state index in [4.69, 9.17) is 14.3 Å². The minimum absolute atomic E-state index is 0.0898. The predicted octanol–water partition coefficient (Wildman–Crippen LogP) is 3.20. The van der Waals surface area contributed by atoms with Crippen LogP contribution in [0.4, 0.5) is 0 Å². The Kier molecular flexibility index (Phi) is 6.31. The van der Waals surface area contributed by atoms with Crippen LogP contribution >= 0.6 is 0 Å². The fourth-order valence-electron chi connectivity index (χ4n) is 3.69.